The van der Waals surface area contributed by atoms with Crippen LogP contribution in [0.1, 0.15) is 24.2 Å². The first kappa shape index (κ1) is 13.3. The third-order valence-corrected chi connectivity index (χ3v) is 2.11. The highest BCUT2D eigenvalue weighted by molar-refractivity contribution is 5.95. The maximum atomic E-state index is 11.7. The number of amides is 1. The first-order valence-corrected chi connectivity index (χ1v) is 5.44. The molecule has 0 bridgehead atoms. The van der Waals surface area contributed by atoms with Crippen molar-refractivity contribution in [3.05, 3.63) is 23.8 Å². The Kier molecular flexibility index (Phi) is 4.78. The summed E-state index contributed by atoms with van der Waals surface area (Å²) in [7, 11) is 0. The van der Waals surface area contributed by atoms with Crippen molar-refractivity contribution < 1.29 is 19.7 Å². The molecule has 0 radical (unpaired) electrons. The second-order valence-electron chi connectivity index (χ2n) is 3.77. The van der Waals surface area contributed by atoms with E-state index < -0.39 is 0 Å². The maximum Gasteiger partial charge on any atom is 0.251 e. The molecule has 0 aliphatic carbocycles. The van der Waals surface area contributed by atoms with Crippen molar-refractivity contribution in [1.29, 1.82) is 0 Å². The SMILES string of the molecule is CCOCC(C)NC(=O)c1cc(O)cc(O)c1. The minimum absolute atomic E-state index is 0.132. The quantitative estimate of drug-likeness (QED) is 0.722. The molecule has 1 rings (SSSR count). The molecule has 0 aliphatic rings. The number of benzene rings is 1. The van der Waals surface area contributed by atoms with Crippen molar-refractivity contribution in [3.8, 4) is 11.5 Å². The lowest BCUT2D eigenvalue weighted by Gasteiger charge is -2.13. The van der Waals surface area contributed by atoms with E-state index in [4.69, 9.17) is 4.74 Å². The van der Waals surface area contributed by atoms with Crippen molar-refractivity contribution in [1.82, 2.24) is 5.32 Å². The number of nitrogens with one attached hydrogen (secondary N) is 1. The summed E-state index contributed by atoms with van der Waals surface area (Å²) in [5, 5.41) is 21.2. The molecule has 3 N–H and O–H groups in total. The summed E-state index contributed by atoms with van der Waals surface area (Å²) in [5.74, 6) is -0.649. The van der Waals surface area contributed by atoms with E-state index in [1.807, 2.05) is 13.8 Å². The fourth-order valence-electron chi connectivity index (χ4n) is 1.37. The number of hydrogen-bond acceptors (Lipinski definition) is 4. The van der Waals surface area contributed by atoms with Gasteiger partial charge in [-0.1, -0.05) is 0 Å². The van der Waals surface area contributed by atoms with Crippen molar-refractivity contribution in [2.24, 2.45) is 0 Å². The van der Waals surface area contributed by atoms with Gasteiger partial charge in [0.15, 0.2) is 0 Å². The van der Waals surface area contributed by atoms with Gasteiger partial charge in [-0.15, -0.1) is 0 Å². The Bertz CT molecular complexity index is 372. The Morgan fingerprint density at radius 2 is 1.94 bits per heavy atom. The fraction of sp³-hybridized carbons (Fsp3) is 0.417. The number of carbonyl (C=O) groups excluding carboxylic acids is 1. The summed E-state index contributed by atoms with van der Waals surface area (Å²) in [6.45, 7) is 4.71. The molecule has 5 nitrogen and oxygen atoms in total. The minimum atomic E-state index is -0.358. The van der Waals surface area contributed by atoms with Gasteiger partial charge in [0.1, 0.15) is 11.5 Å². The molecule has 94 valence electrons. The van der Waals surface area contributed by atoms with Crippen LogP contribution in [-0.2, 0) is 4.74 Å². The van der Waals surface area contributed by atoms with E-state index in [1.54, 1.807) is 0 Å². The summed E-state index contributed by atoms with van der Waals surface area (Å²) in [6.07, 6.45) is 0. The molecular formula is C12H17NO4. The van der Waals surface area contributed by atoms with E-state index in [0.717, 1.165) is 0 Å². The standard InChI is InChI=1S/C12H17NO4/c1-3-17-7-8(2)13-12(16)9-4-10(14)6-11(15)5-9/h4-6,8,14-15H,3,7H2,1-2H3,(H,13,16). The summed E-state index contributed by atoms with van der Waals surface area (Å²) < 4.78 is 5.17. The smallest absolute Gasteiger partial charge is 0.251 e. The highest BCUT2D eigenvalue weighted by Gasteiger charge is 2.11. The van der Waals surface area contributed by atoms with Gasteiger partial charge >= 0.3 is 0 Å². The second kappa shape index (κ2) is 6.10. The highest BCUT2D eigenvalue weighted by atomic mass is 16.5. The van der Waals surface area contributed by atoms with Crippen LogP contribution in [0.25, 0.3) is 0 Å². The van der Waals surface area contributed by atoms with E-state index in [9.17, 15) is 15.0 Å². The zero-order valence-electron chi connectivity index (χ0n) is 9.93. The van der Waals surface area contributed by atoms with Gasteiger partial charge in [-0.25, -0.2) is 0 Å². The van der Waals surface area contributed by atoms with Crippen molar-refractivity contribution in [3.63, 3.8) is 0 Å². The van der Waals surface area contributed by atoms with Gasteiger partial charge in [0.05, 0.1) is 6.61 Å². The van der Waals surface area contributed by atoms with Crippen molar-refractivity contribution in [2.45, 2.75) is 19.9 Å². The molecule has 0 fully saturated rings. The predicted octanol–water partition coefficient (Wildman–Crippen LogP) is 1.25. The molecule has 1 atom stereocenters. The van der Waals surface area contributed by atoms with E-state index in [0.29, 0.717) is 13.2 Å². The minimum Gasteiger partial charge on any atom is -0.508 e. The Morgan fingerprint density at radius 1 is 1.35 bits per heavy atom. The Balaban J connectivity index is 2.63. The van der Waals surface area contributed by atoms with Gasteiger partial charge in [0.25, 0.3) is 5.91 Å². The van der Waals surface area contributed by atoms with Crippen LogP contribution in [0.15, 0.2) is 18.2 Å². The number of phenols is 2. The molecule has 1 amide bonds. The molecule has 0 aromatic heterocycles. The normalized spacial score (nSPS) is 12.1. The molecular weight excluding hydrogens is 222 g/mol. The van der Waals surface area contributed by atoms with Gasteiger partial charge in [-0.2, -0.15) is 0 Å². The monoisotopic (exact) mass is 239 g/mol. The van der Waals surface area contributed by atoms with Gasteiger partial charge in [-0.05, 0) is 26.0 Å². The third kappa shape index (κ3) is 4.32. The zero-order valence-corrected chi connectivity index (χ0v) is 9.93. The summed E-state index contributed by atoms with van der Waals surface area (Å²) in [4.78, 5) is 11.7. The van der Waals surface area contributed by atoms with Crippen LogP contribution in [0.5, 0.6) is 11.5 Å². The first-order chi connectivity index (χ1) is 8.02. The van der Waals surface area contributed by atoms with Crippen LogP contribution in [0.3, 0.4) is 0 Å². The van der Waals surface area contributed by atoms with Gasteiger partial charge in [-0.3, -0.25) is 4.79 Å². The Labute approximate surface area is 100 Å². The molecule has 0 heterocycles. The topological polar surface area (TPSA) is 78.8 Å². The number of aromatic hydroxyl groups is 2. The average Bonchev–Trinajstić information content (AvgIpc) is 2.25. The van der Waals surface area contributed by atoms with E-state index in [1.165, 1.54) is 18.2 Å². The van der Waals surface area contributed by atoms with Crippen LogP contribution in [-0.4, -0.2) is 35.4 Å². The van der Waals surface area contributed by atoms with Crippen LogP contribution in [0.2, 0.25) is 0 Å². The first-order valence-electron chi connectivity index (χ1n) is 5.44. The Hall–Kier alpha value is -1.75. The molecule has 0 spiro atoms. The number of phenolic OH excluding ortho intramolecular Hbond substituents is 2. The molecule has 1 unspecified atom stereocenters. The molecule has 5 heteroatoms. The predicted molar refractivity (Wildman–Crippen MR) is 63.2 cm³/mol. The maximum absolute atomic E-state index is 11.7. The van der Waals surface area contributed by atoms with E-state index >= 15 is 0 Å². The van der Waals surface area contributed by atoms with E-state index in [2.05, 4.69) is 5.32 Å². The van der Waals surface area contributed by atoms with Crippen molar-refractivity contribution >= 4 is 5.91 Å². The lowest BCUT2D eigenvalue weighted by molar-refractivity contribution is 0.0871. The van der Waals surface area contributed by atoms with Crippen molar-refractivity contribution in [2.75, 3.05) is 13.2 Å². The lowest BCUT2D eigenvalue weighted by atomic mass is 10.2. The number of hydrogen-bond donors (Lipinski definition) is 3. The van der Waals surface area contributed by atoms with Crippen LogP contribution in [0.4, 0.5) is 0 Å². The van der Waals surface area contributed by atoms with Crippen LogP contribution >= 0.6 is 0 Å². The fourth-order valence-corrected chi connectivity index (χ4v) is 1.37. The van der Waals surface area contributed by atoms with E-state index in [-0.39, 0.29) is 29.0 Å². The zero-order chi connectivity index (χ0) is 12.8. The molecule has 0 saturated carbocycles. The summed E-state index contributed by atoms with van der Waals surface area (Å²) >= 11 is 0. The largest absolute Gasteiger partial charge is 0.508 e. The van der Waals surface area contributed by atoms with Gasteiger partial charge < -0.3 is 20.3 Å². The molecule has 0 saturated heterocycles. The second-order valence-corrected chi connectivity index (χ2v) is 3.77. The number of rotatable bonds is 5. The lowest BCUT2D eigenvalue weighted by Crippen LogP contribution is -2.35. The van der Waals surface area contributed by atoms with Crippen LogP contribution < -0.4 is 5.32 Å². The molecule has 1 aromatic rings. The van der Waals surface area contributed by atoms with Crippen LogP contribution in [0, 0.1) is 0 Å². The van der Waals surface area contributed by atoms with Gasteiger partial charge in [0, 0.05) is 24.3 Å². The average molecular weight is 239 g/mol. The number of carbonyl (C=O) groups is 1. The molecule has 0 aliphatic heterocycles. The molecule has 17 heavy (non-hydrogen) atoms. The summed E-state index contributed by atoms with van der Waals surface area (Å²) in [6, 6.07) is 3.62. The third-order valence-electron chi connectivity index (χ3n) is 2.11. The summed E-state index contributed by atoms with van der Waals surface area (Å²) in [5.41, 5.74) is 0.214. The molecule has 1 aromatic carbocycles. The Morgan fingerprint density at radius 3 is 2.47 bits per heavy atom. The van der Waals surface area contributed by atoms with Gasteiger partial charge in [0.2, 0.25) is 0 Å². The number of ether oxygens (including phenoxy) is 1. The highest BCUT2D eigenvalue weighted by Crippen LogP contribution is 2.20.